The highest BCUT2D eigenvalue weighted by Crippen LogP contribution is 2.29. The molecule has 0 saturated heterocycles. The molecule has 0 bridgehead atoms. The molecule has 6 heteroatoms. The van der Waals surface area contributed by atoms with Crippen LogP contribution in [-0.4, -0.2) is 20.9 Å². The normalized spacial score (nSPS) is 13.4. The van der Waals surface area contributed by atoms with Crippen molar-refractivity contribution in [3.8, 4) is 0 Å². The SMILES string of the molecule is Cc1ccc(S(=O)(=O)[C@H](CNC(=O)CC(C)(C)C)c2ccco2)cc1. The number of amides is 1. The van der Waals surface area contributed by atoms with Crippen molar-refractivity contribution in [1.29, 1.82) is 0 Å². The Hall–Kier alpha value is -2.08. The number of aryl methyl sites for hydroxylation is 1. The van der Waals surface area contributed by atoms with Crippen LogP contribution >= 0.6 is 0 Å². The van der Waals surface area contributed by atoms with E-state index in [4.69, 9.17) is 4.42 Å². The van der Waals surface area contributed by atoms with Crippen LogP contribution in [0.25, 0.3) is 0 Å². The molecule has 1 heterocycles. The van der Waals surface area contributed by atoms with Crippen molar-refractivity contribution >= 4 is 15.7 Å². The Morgan fingerprint density at radius 3 is 2.32 bits per heavy atom. The van der Waals surface area contributed by atoms with Gasteiger partial charge in [-0.3, -0.25) is 4.79 Å². The summed E-state index contributed by atoms with van der Waals surface area (Å²) in [7, 11) is -3.69. The number of rotatable bonds is 6. The average Bonchev–Trinajstić information content (AvgIpc) is 2.99. The summed E-state index contributed by atoms with van der Waals surface area (Å²) >= 11 is 0. The summed E-state index contributed by atoms with van der Waals surface area (Å²) in [4.78, 5) is 12.3. The molecule has 1 aromatic heterocycles. The first kappa shape index (κ1) is 19.2. The summed E-state index contributed by atoms with van der Waals surface area (Å²) in [5, 5.41) is 1.77. The number of carbonyl (C=O) groups excluding carboxylic acids is 1. The largest absolute Gasteiger partial charge is 0.468 e. The second kappa shape index (κ2) is 7.44. The zero-order valence-electron chi connectivity index (χ0n) is 15.1. The van der Waals surface area contributed by atoms with Crippen LogP contribution in [-0.2, 0) is 14.6 Å². The van der Waals surface area contributed by atoms with Crippen LogP contribution in [0.15, 0.2) is 52.0 Å². The second-order valence-corrected chi connectivity index (χ2v) is 9.53. The van der Waals surface area contributed by atoms with Crippen molar-refractivity contribution in [1.82, 2.24) is 5.32 Å². The fourth-order valence-electron chi connectivity index (χ4n) is 2.48. The van der Waals surface area contributed by atoms with E-state index < -0.39 is 15.1 Å². The maximum atomic E-state index is 13.0. The smallest absolute Gasteiger partial charge is 0.220 e. The van der Waals surface area contributed by atoms with Crippen molar-refractivity contribution in [3.05, 3.63) is 54.0 Å². The predicted octanol–water partition coefficient (Wildman–Crippen LogP) is 3.66. The Labute approximate surface area is 149 Å². The summed E-state index contributed by atoms with van der Waals surface area (Å²) in [5.74, 6) is 0.139. The second-order valence-electron chi connectivity index (χ2n) is 7.40. The van der Waals surface area contributed by atoms with Gasteiger partial charge in [0.2, 0.25) is 5.91 Å². The van der Waals surface area contributed by atoms with Crippen molar-refractivity contribution in [2.45, 2.75) is 44.3 Å². The van der Waals surface area contributed by atoms with E-state index in [1.54, 1.807) is 36.4 Å². The molecular weight excluding hydrogens is 338 g/mol. The lowest BCUT2D eigenvalue weighted by Crippen LogP contribution is -2.33. The standard InChI is InChI=1S/C19H25NO4S/c1-14-7-9-15(10-8-14)25(22,23)17(16-6-5-11-24-16)13-20-18(21)12-19(2,3)4/h5-11,17H,12-13H2,1-4H3,(H,20,21)/t17-/m1/s1. The molecule has 5 nitrogen and oxygen atoms in total. The third-order valence-corrected chi connectivity index (χ3v) is 5.84. The van der Waals surface area contributed by atoms with E-state index in [0.717, 1.165) is 5.56 Å². The number of carbonyl (C=O) groups is 1. The maximum absolute atomic E-state index is 13.0. The van der Waals surface area contributed by atoms with Crippen molar-refractivity contribution in [2.24, 2.45) is 5.41 Å². The van der Waals surface area contributed by atoms with Gasteiger partial charge in [-0.1, -0.05) is 38.5 Å². The van der Waals surface area contributed by atoms with Crippen molar-refractivity contribution in [2.75, 3.05) is 6.54 Å². The van der Waals surface area contributed by atoms with Gasteiger partial charge in [-0.15, -0.1) is 0 Å². The van der Waals surface area contributed by atoms with E-state index in [0.29, 0.717) is 12.2 Å². The molecule has 0 saturated carbocycles. The number of nitrogens with one attached hydrogen (secondary N) is 1. The molecular formula is C19H25NO4S. The molecule has 2 rings (SSSR count). The van der Waals surface area contributed by atoms with E-state index >= 15 is 0 Å². The molecule has 0 aliphatic rings. The number of sulfone groups is 1. The van der Waals surface area contributed by atoms with Gasteiger partial charge in [0, 0.05) is 13.0 Å². The van der Waals surface area contributed by atoms with E-state index in [-0.39, 0.29) is 22.8 Å². The van der Waals surface area contributed by atoms with Gasteiger partial charge < -0.3 is 9.73 Å². The molecule has 0 spiro atoms. The quantitative estimate of drug-likeness (QED) is 0.850. The first-order valence-electron chi connectivity index (χ1n) is 8.20. The first-order chi connectivity index (χ1) is 11.6. The monoisotopic (exact) mass is 363 g/mol. The van der Waals surface area contributed by atoms with Crippen LogP contribution in [0.2, 0.25) is 0 Å². The average molecular weight is 363 g/mol. The van der Waals surface area contributed by atoms with Crippen LogP contribution in [0.3, 0.4) is 0 Å². The van der Waals surface area contributed by atoms with Crippen LogP contribution in [0.4, 0.5) is 0 Å². The van der Waals surface area contributed by atoms with E-state index in [1.807, 2.05) is 27.7 Å². The number of hydrogen-bond acceptors (Lipinski definition) is 4. The van der Waals surface area contributed by atoms with Gasteiger partial charge in [0.05, 0.1) is 11.2 Å². The minimum absolute atomic E-state index is 0.0291. The number of furan rings is 1. The molecule has 0 fully saturated rings. The molecule has 136 valence electrons. The fourth-order valence-corrected chi connectivity index (χ4v) is 4.07. The molecule has 25 heavy (non-hydrogen) atoms. The molecule has 0 unspecified atom stereocenters. The third-order valence-electron chi connectivity index (χ3n) is 3.76. The van der Waals surface area contributed by atoms with Gasteiger partial charge in [0.1, 0.15) is 11.0 Å². The third kappa shape index (κ3) is 5.19. The topological polar surface area (TPSA) is 76.4 Å². The zero-order chi connectivity index (χ0) is 18.7. The van der Waals surface area contributed by atoms with Crippen LogP contribution in [0, 0.1) is 12.3 Å². The van der Waals surface area contributed by atoms with Crippen LogP contribution < -0.4 is 5.32 Å². The van der Waals surface area contributed by atoms with Gasteiger partial charge in [-0.05, 0) is 36.6 Å². The van der Waals surface area contributed by atoms with E-state index in [9.17, 15) is 13.2 Å². The highest BCUT2D eigenvalue weighted by molar-refractivity contribution is 7.91. The molecule has 1 aromatic carbocycles. The summed E-state index contributed by atoms with van der Waals surface area (Å²) in [5.41, 5.74) is 0.812. The highest BCUT2D eigenvalue weighted by Gasteiger charge is 2.32. The Bertz CT molecular complexity index is 800. The minimum Gasteiger partial charge on any atom is -0.468 e. The molecule has 1 N–H and O–H groups in total. The number of hydrogen-bond donors (Lipinski definition) is 1. The molecule has 0 radical (unpaired) electrons. The summed E-state index contributed by atoms with van der Waals surface area (Å²) in [6.45, 7) is 7.74. The molecule has 2 aromatic rings. The summed E-state index contributed by atoms with van der Waals surface area (Å²) in [6.07, 6.45) is 1.76. The molecule has 1 amide bonds. The van der Waals surface area contributed by atoms with Gasteiger partial charge in [-0.25, -0.2) is 8.42 Å². The zero-order valence-corrected chi connectivity index (χ0v) is 15.9. The molecule has 0 aliphatic heterocycles. The summed E-state index contributed by atoms with van der Waals surface area (Å²) in [6, 6.07) is 9.93. The fraction of sp³-hybridized carbons (Fsp3) is 0.421. The number of benzene rings is 1. The van der Waals surface area contributed by atoms with Crippen molar-refractivity contribution < 1.29 is 17.6 Å². The van der Waals surface area contributed by atoms with Gasteiger partial charge in [0.25, 0.3) is 0 Å². The molecule has 0 aliphatic carbocycles. The van der Waals surface area contributed by atoms with Gasteiger partial charge in [0.15, 0.2) is 9.84 Å². The van der Waals surface area contributed by atoms with E-state index in [1.165, 1.54) is 6.26 Å². The highest BCUT2D eigenvalue weighted by atomic mass is 32.2. The Morgan fingerprint density at radius 2 is 1.80 bits per heavy atom. The van der Waals surface area contributed by atoms with E-state index in [2.05, 4.69) is 5.32 Å². The van der Waals surface area contributed by atoms with Crippen LogP contribution in [0.5, 0.6) is 0 Å². The summed E-state index contributed by atoms with van der Waals surface area (Å²) < 4.78 is 31.4. The van der Waals surface area contributed by atoms with Gasteiger partial charge >= 0.3 is 0 Å². The van der Waals surface area contributed by atoms with Crippen LogP contribution in [0.1, 0.15) is 43.8 Å². The lowest BCUT2D eigenvalue weighted by molar-refractivity contribution is -0.122. The lowest BCUT2D eigenvalue weighted by Gasteiger charge is -2.20. The predicted molar refractivity (Wildman–Crippen MR) is 96.9 cm³/mol. The Kier molecular flexibility index (Phi) is 5.72. The minimum atomic E-state index is -3.69. The molecule has 1 atom stereocenters. The Morgan fingerprint density at radius 1 is 1.16 bits per heavy atom. The first-order valence-corrected chi connectivity index (χ1v) is 9.75. The Balaban J connectivity index is 2.25. The maximum Gasteiger partial charge on any atom is 0.220 e. The van der Waals surface area contributed by atoms with Crippen molar-refractivity contribution in [3.63, 3.8) is 0 Å². The van der Waals surface area contributed by atoms with Gasteiger partial charge in [-0.2, -0.15) is 0 Å². The lowest BCUT2D eigenvalue weighted by atomic mass is 9.92.